The normalized spacial score (nSPS) is 18.2. The number of rotatable bonds is 4. The van der Waals surface area contributed by atoms with E-state index < -0.39 is 11.4 Å². The van der Waals surface area contributed by atoms with Crippen LogP contribution in [0.4, 0.5) is 0 Å². The van der Waals surface area contributed by atoms with Gasteiger partial charge in [-0.25, -0.2) is 0 Å². The summed E-state index contributed by atoms with van der Waals surface area (Å²) in [6, 6.07) is 7.68. The minimum Gasteiger partial charge on any atom is -0.481 e. The molecule has 2 rings (SSSR count). The van der Waals surface area contributed by atoms with Crippen LogP contribution in [0.25, 0.3) is 0 Å². The molecule has 0 aliphatic heterocycles. The van der Waals surface area contributed by atoms with Gasteiger partial charge in [-0.1, -0.05) is 44.5 Å². The van der Waals surface area contributed by atoms with Gasteiger partial charge in [0.25, 0.3) is 0 Å². The maximum atomic E-state index is 11.4. The maximum Gasteiger partial charge on any atom is 0.314 e. The largest absolute Gasteiger partial charge is 0.481 e. The Labute approximate surface area is 107 Å². The summed E-state index contributed by atoms with van der Waals surface area (Å²) in [5.41, 5.74) is 0.975. The Hall–Kier alpha value is -1.35. The summed E-state index contributed by atoms with van der Waals surface area (Å²) in [5, 5.41) is 18.7. The molecule has 0 heterocycles. The molecule has 0 aromatic heterocycles. The summed E-state index contributed by atoms with van der Waals surface area (Å²) in [5.74, 6) is -0.720. The van der Waals surface area contributed by atoms with Gasteiger partial charge in [-0.05, 0) is 24.0 Å². The topological polar surface area (TPSA) is 57.5 Å². The summed E-state index contributed by atoms with van der Waals surface area (Å²) in [7, 11) is 0. The van der Waals surface area contributed by atoms with Gasteiger partial charge in [-0.3, -0.25) is 4.79 Å². The minimum absolute atomic E-state index is 0.0798. The number of benzene rings is 1. The molecule has 1 aromatic rings. The number of carboxylic acid groups (broad SMARTS) is 1. The van der Waals surface area contributed by atoms with E-state index in [4.69, 9.17) is 0 Å². The van der Waals surface area contributed by atoms with Crippen molar-refractivity contribution in [3.05, 3.63) is 35.4 Å². The first kappa shape index (κ1) is 13.1. The minimum atomic E-state index is -0.720. The molecular weight excluding hydrogens is 228 g/mol. The lowest BCUT2D eigenvalue weighted by molar-refractivity contribution is -0.147. The molecule has 0 unspecified atom stereocenters. The van der Waals surface area contributed by atoms with E-state index in [1.807, 2.05) is 38.1 Å². The van der Waals surface area contributed by atoms with E-state index in [2.05, 4.69) is 0 Å². The predicted octanol–water partition coefficient (Wildman–Crippen LogP) is 2.46. The third kappa shape index (κ3) is 1.93. The van der Waals surface area contributed by atoms with Crippen molar-refractivity contribution in [3.8, 4) is 0 Å². The molecule has 18 heavy (non-hydrogen) atoms. The number of carbonyl (C=O) groups is 1. The third-order valence-corrected chi connectivity index (χ3v) is 4.23. The molecule has 1 aromatic carbocycles. The SMILES string of the molecule is CC(C)(CO)c1ccc(C2(C(=O)O)CCC2)cc1. The molecule has 0 amide bonds. The van der Waals surface area contributed by atoms with E-state index in [-0.39, 0.29) is 12.0 Å². The lowest BCUT2D eigenvalue weighted by atomic mass is 9.64. The van der Waals surface area contributed by atoms with Gasteiger partial charge in [0.1, 0.15) is 0 Å². The van der Waals surface area contributed by atoms with Crippen LogP contribution in [0.2, 0.25) is 0 Å². The van der Waals surface area contributed by atoms with Crippen molar-refractivity contribution in [3.63, 3.8) is 0 Å². The van der Waals surface area contributed by atoms with Crippen molar-refractivity contribution in [1.82, 2.24) is 0 Å². The predicted molar refractivity (Wildman–Crippen MR) is 69.7 cm³/mol. The maximum absolute atomic E-state index is 11.4. The van der Waals surface area contributed by atoms with Crippen molar-refractivity contribution < 1.29 is 15.0 Å². The van der Waals surface area contributed by atoms with E-state index in [1.54, 1.807) is 0 Å². The third-order valence-electron chi connectivity index (χ3n) is 4.23. The number of hydrogen-bond donors (Lipinski definition) is 2. The first-order valence-corrected chi connectivity index (χ1v) is 6.38. The molecule has 3 heteroatoms. The summed E-state index contributed by atoms with van der Waals surface area (Å²) in [4.78, 5) is 11.4. The Morgan fingerprint density at radius 2 is 1.83 bits per heavy atom. The molecular formula is C15H20O3. The highest BCUT2D eigenvalue weighted by atomic mass is 16.4. The standard InChI is InChI=1S/C15H20O3/c1-14(2,10-16)11-4-6-12(7-5-11)15(13(17)18)8-3-9-15/h4-7,16H,3,8-10H2,1-2H3,(H,17,18). The monoisotopic (exact) mass is 248 g/mol. The quantitative estimate of drug-likeness (QED) is 0.860. The number of aliphatic carboxylic acids is 1. The van der Waals surface area contributed by atoms with Crippen LogP contribution in [-0.4, -0.2) is 22.8 Å². The highest BCUT2D eigenvalue weighted by molar-refractivity contribution is 5.82. The van der Waals surface area contributed by atoms with Crippen LogP contribution in [0.3, 0.4) is 0 Å². The molecule has 0 saturated heterocycles. The molecule has 1 saturated carbocycles. The molecule has 0 spiro atoms. The van der Waals surface area contributed by atoms with Gasteiger partial charge in [-0.2, -0.15) is 0 Å². The van der Waals surface area contributed by atoms with Gasteiger partial charge >= 0.3 is 5.97 Å². The fourth-order valence-electron chi connectivity index (χ4n) is 2.49. The Kier molecular flexibility index (Phi) is 3.20. The van der Waals surface area contributed by atoms with Crippen LogP contribution in [-0.2, 0) is 15.6 Å². The molecule has 1 aliphatic carbocycles. The van der Waals surface area contributed by atoms with E-state index in [9.17, 15) is 15.0 Å². The van der Waals surface area contributed by atoms with Crippen molar-refractivity contribution in [2.45, 2.75) is 43.9 Å². The summed E-state index contributed by atoms with van der Waals surface area (Å²) < 4.78 is 0. The van der Waals surface area contributed by atoms with Crippen LogP contribution >= 0.6 is 0 Å². The first-order valence-electron chi connectivity index (χ1n) is 6.38. The number of aliphatic hydroxyl groups is 1. The molecule has 3 nitrogen and oxygen atoms in total. The smallest absolute Gasteiger partial charge is 0.314 e. The van der Waals surface area contributed by atoms with Crippen LogP contribution in [0, 0.1) is 0 Å². The van der Waals surface area contributed by atoms with E-state index in [0.29, 0.717) is 0 Å². The number of hydrogen-bond acceptors (Lipinski definition) is 2. The zero-order valence-electron chi connectivity index (χ0n) is 10.9. The summed E-state index contributed by atoms with van der Waals surface area (Å²) in [6.07, 6.45) is 2.44. The average molecular weight is 248 g/mol. The van der Waals surface area contributed by atoms with Crippen LogP contribution in [0.15, 0.2) is 24.3 Å². The van der Waals surface area contributed by atoms with Crippen LogP contribution < -0.4 is 0 Å². The van der Waals surface area contributed by atoms with Crippen molar-refractivity contribution >= 4 is 5.97 Å². The summed E-state index contributed by atoms with van der Waals surface area (Å²) >= 11 is 0. The molecule has 98 valence electrons. The Balaban J connectivity index is 2.31. The van der Waals surface area contributed by atoms with Gasteiger partial charge < -0.3 is 10.2 Å². The zero-order chi connectivity index (χ0) is 13.4. The van der Waals surface area contributed by atoms with Gasteiger partial charge in [0.05, 0.1) is 12.0 Å². The lowest BCUT2D eigenvalue weighted by Crippen LogP contribution is -2.42. The van der Waals surface area contributed by atoms with Gasteiger partial charge in [0.2, 0.25) is 0 Å². The zero-order valence-corrected chi connectivity index (χ0v) is 10.9. The molecule has 0 atom stereocenters. The fourth-order valence-corrected chi connectivity index (χ4v) is 2.49. The van der Waals surface area contributed by atoms with Gasteiger partial charge in [0.15, 0.2) is 0 Å². The van der Waals surface area contributed by atoms with Gasteiger partial charge in [-0.15, -0.1) is 0 Å². The van der Waals surface area contributed by atoms with E-state index in [1.165, 1.54) is 0 Å². The average Bonchev–Trinajstić information content (AvgIpc) is 2.28. The molecule has 0 radical (unpaired) electrons. The van der Waals surface area contributed by atoms with Crippen molar-refractivity contribution in [2.24, 2.45) is 0 Å². The Morgan fingerprint density at radius 1 is 1.28 bits per heavy atom. The molecule has 0 bridgehead atoms. The highest BCUT2D eigenvalue weighted by Gasteiger charge is 2.45. The molecule has 1 aliphatic rings. The second kappa shape index (κ2) is 4.39. The second-order valence-corrected chi connectivity index (χ2v) is 5.86. The highest BCUT2D eigenvalue weighted by Crippen LogP contribution is 2.44. The van der Waals surface area contributed by atoms with Crippen LogP contribution in [0.1, 0.15) is 44.2 Å². The lowest BCUT2D eigenvalue weighted by Gasteiger charge is -2.38. The summed E-state index contributed by atoms with van der Waals surface area (Å²) in [6.45, 7) is 4.02. The Bertz CT molecular complexity index is 441. The number of carboxylic acids is 1. The fraction of sp³-hybridized carbons (Fsp3) is 0.533. The van der Waals surface area contributed by atoms with E-state index in [0.717, 1.165) is 30.4 Å². The van der Waals surface area contributed by atoms with Crippen LogP contribution in [0.5, 0.6) is 0 Å². The van der Waals surface area contributed by atoms with Crippen molar-refractivity contribution in [2.75, 3.05) is 6.61 Å². The second-order valence-electron chi connectivity index (χ2n) is 5.86. The van der Waals surface area contributed by atoms with E-state index >= 15 is 0 Å². The van der Waals surface area contributed by atoms with Crippen molar-refractivity contribution in [1.29, 1.82) is 0 Å². The first-order chi connectivity index (χ1) is 8.42. The Morgan fingerprint density at radius 3 is 2.17 bits per heavy atom. The molecule has 1 fully saturated rings. The number of aliphatic hydroxyl groups excluding tert-OH is 1. The van der Waals surface area contributed by atoms with Gasteiger partial charge in [0, 0.05) is 5.41 Å². The molecule has 2 N–H and O–H groups in total.